The number of unbranched alkanes of at least 4 members (excludes halogenated alkanes) is 2. The minimum Gasteiger partial charge on any atom is -0.377 e. The molecule has 0 fully saturated rings. The zero-order chi connectivity index (χ0) is 10.8. The number of ether oxygens (including phenoxy) is 1. The molecule has 0 aromatic heterocycles. The summed E-state index contributed by atoms with van der Waals surface area (Å²) in [7, 11) is 0. The van der Waals surface area contributed by atoms with Gasteiger partial charge in [0.1, 0.15) is 0 Å². The summed E-state index contributed by atoms with van der Waals surface area (Å²) < 4.78 is 7.01. The first-order valence-electron chi connectivity index (χ1n) is 5.61. The first-order chi connectivity index (χ1) is 7.43. The molecule has 0 aliphatic heterocycles. The first kappa shape index (κ1) is 13.5. The Morgan fingerprint density at radius 3 is 2.60 bits per heavy atom. The molecule has 15 heavy (non-hydrogen) atoms. The van der Waals surface area contributed by atoms with E-state index in [-0.39, 0.29) is 18.2 Å². The Morgan fingerprint density at radius 2 is 1.87 bits per heavy atom. The van der Waals surface area contributed by atoms with Crippen LogP contribution in [0.1, 0.15) is 24.8 Å². The van der Waals surface area contributed by atoms with E-state index in [0.29, 0.717) is 0 Å². The number of benzene rings is 1. The second-order valence-corrected chi connectivity index (χ2v) is 7.11. The molecule has 0 bridgehead atoms. The van der Waals surface area contributed by atoms with Crippen LogP contribution in [0.25, 0.3) is 0 Å². The van der Waals surface area contributed by atoms with E-state index < -0.39 is 0 Å². The molecule has 0 radical (unpaired) electrons. The van der Waals surface area contributed by atoms with Gasteiger partial charge < -0.3 is 17.6 Å². The van der Waals surface area contributed by atoms with Gasteiger partial charge in [0.2, 0.25) is 0 Å². The van der Waals surface area contributed by atoms with Crippen LogP contribution in [0, 0.1) is 0 Å². The van der Waals surface area contributed by atoms with E-state index in [0.717, 1.165) is 13.2 Å². The van der Waals surface area contributed by atoms with Crippen molar-refractivity contribution in [1.82, 2.24) is 0 Å². The first-order valence-corrected chi connectivity index (χ1v) is 10.5. The normalized spacial score (nSPS) is 9.93. The molecular formula is C12H17BrMgO. The predicted octanol–water partition coefficient (Wildman–Crippen LogP) is 3.81. The van der Waals surface area contributed by atoms with Crippen LogP contribution in [0.2, 0.25) is 4.55 Å². The third kappa shape index (κ3) is 7.34. The van der Waals surface area contributed by atoms with Gasteiger partial charge in [0.25, 0.3) is 0 Å². The predicted molar refractivity (Wildman–Crippen MR) is 69.4 cm³/mol. The number of hydrogen-bond acceptors (Lipinski definition) is 1. The van der Waals surface area contributed by atoms with Crippen molar-refractivity contribution in [3.8, 4) is 0 Å². The summed E-state index contributed by atoms with van der Waals surface area (Å²) in [4.78, 5) is 0. The number of rotatable bonds is 8. The molecule has 1 aromatic carbocycles. The maximum atomic E-state index is 5.60. The SMILES string of the molecule is [Br][Mg][CH2]CCCCOCc1ccccc1. The molecule has 0 amide bonds. The standard InChI is InChI=1S/C12H17O.BrH.Mg/c1-2-3-7-10-13-11-12-8-5-4-6-9-12;;/h4-6,8-9H,1-3,7,10-11H2;1H;/q;;+1/p-1. The Balaban J connectivity index is 1.93. The van der Waals surface area contributed by atoms with E-state index in [4.69, 9.17) is 4.74 Å². The van der Waals surface area contributed by atoms with Crippen LogP contribution in [0.4, 0.5) is 0 Å². The van der Waals surface area contributed by atoms with E-state index in [1.807, 2.05) is 6.07 Å². The summed E-state index contributed by atoms with van der Waals surface area (Å²) in [5.41, 5.74) is 1.27. The quantitative estimate of drug-likeness (QED) is 0.520. The third-order valence-electron chi connectivity index (χ3n) is 2.28. The van der Waals surface area contributed by atoms with Crippen molar-refractivity contribution in [3.63, 3.8) is 0 Å². The van der Waals surface area contributed by atoms with Crippen molar-refractivity contribution in [2.75, 3.05) is 6.61 Å². The van der Waals surface area contributed by atoms with Gasteiger partial charge in [-0.15, -0.1) is 4.55 Å². The second-order valence-electron chi connectivity index (χ2n) is 3.64. The van der Waals surface area contributed by atoms with Crippen LogP contribution < -0.4 is 0 Å². The summed E-state index contributed by atoms with van der Waals surface area (Å²) in [6.07, 6.45) is 3.88. The zero-order valence-electron chi connectivity index (χ0n) is 9.12. The lowest BCUT2D eigenvalue weighted by Crippen LogP contribution is -1.95. The fraction of sp³-hybridized carbons (Fsp3) is 0.500. The second kappa shape index (κ2) is 9.64. The molecule has 0 saturated carbocycles. The van der Waals surface area contributed by atoms with Gasteiger partial charge in [0.15, 0.2) is 0 Å². The molecule has 0 aliphatic rings. The highest BCUT2D eigenvalue weighted by Crippen LogP contribution is 2.04. The Kier molecular flexibility index (Phi) is 8.67. The largest absolute Gasteiger partial charge is 0.468 e. The van der Waals surface area contributed by atoms with Gasteiger partial charge in [-0.3, -0.25) is 0 Å². The van der Waals surface area contributed by atoms with Crippen molar-refractivity contribution >= 4 is 31.1 Å². The molecule has 1 aromatic rings. The van der Waals surface area contributed by atoms with E-state index in [1.54, 1.807) is 0 Å². The molecule has 0 unspecified atom stereocenters. The molecule has 0 N–H and O–H groups in total. The van der Waals surface area contributed by atoms with Crippen molar-refractivity contribution < 1.29 is 4.74 Å². The number of halogens is 1. The van der Waals surface area contributed by atoms with Gasteiger partial charge in [-0.05, 0) is 12.0 Å². The smallest absolute Gasteiger partial charge is 0.377 e. The van der Waals surface area contributed by atoms with Gasteiger partial charge in [-0.1, -0.05) is 43.2 Å². The van der Waals surface area contributed by atoms with Gasteiger partial charge in [-0.25, -0.2) is 0 Å². The Bertz CT molecular complexity index is 241. The fourth-order valence-electron chi connectivity index (χ4n) is 1.42. The lowest BCUT2D eigenvalue weighted by Gasteiger charge is -2.03. The third-order valence-corrected chi connectivity index (χ3v) is 4.73. The van der Waals surface area contributed by atoms with E-state index >= 15 is 0 Å². The van der Waals surface area contributed by atoms with Crippen LogP contribution in [-0.2, 0) is 11.3 Å². The highest BCUT2D eigenvalue weighted by molar-refractivity contribution is 9.23. The monoisotopic (exact) mass is 280 g/mol. The summed E-state index contributed by atoms with van der Waals surface area (Å²) in [6, 6.07) is 10.4. The lowest BCUT2D eigenvalue weighted by molar-refractivity contribution is 0.117. The van der Waals surface area contributed by atoms with Gasteiger partial charge in [0, 0.05) is 6.61 Å². The number of hydrogen-bond donors (Lipinski definition) is 0. The van der Waals surface area contributed by atoms with Crippen LogP contribution in [0.15, 0.2) is 30.3 Å². The average molecular weight is 281 g/mol. The molecule has 0 aliphatic carbocycles. The van der Waals surface area contributed by atoms with E-state index in [1.165, 1.54) is 29.4 Å². The fourth-order valence-corrected chi connectivity index (χ4v) is 3.15. The Hall–Kier alpha value is 0.426. The minimum absolute atomic E-state index is 0.104. The van der Waals surface area contributed by atoms with Crippen molar-refractivity contribution in [2.45, 2.75) is 30.4 Å². The molecule has 0 spiro atoms. The molecular weight excluding hydrogens is 264 g/mol. The van der Waals surface area contributed by atoms with Gasteiger partial charge in [0.05, 0.1) is 6.61 Å². The van der Waals surface area contributed by atoms with Crippen molar-refractivity contribution in [1.29, 1.82) is 0 Å². The van der Waals surface area contributed by atoms with Crippen LogP contribution in [0.5, 0.6) is 0 Å². The Labute approximate surface area is 108 Å². The maximum Gasteiger partial charge on any atom is 0.468 e. The van der Waals surface area contributed by atoms with Crippen LogP contribution >= 0.6 is 12.9 Å². The van der Waals surface area contributed by atoms with Crippen molar-refractivity contribution in [2.24, 2.45) is 0 Å². The van der Waals surface area contributed by atoms with Crippen LogP contribution in [0.3, 0.4) is 0 Å². The highest BCUT2D eigenvalue weighted by atomic mass is 79.9. The van der Waals surface area contributed by atoms with Crippen LogP contribution in [-0.4, -0.2) is 24.8 Å². The van der Waals surface area contributed by atoms with E-state index in [9.17, 15) is 0 Å². The van der Waals surface area contributed by atoms with Gasteiger partial charge in [-0.2, -0.15) is 0 Å². The molecule has 0 heterocycles. The van der Waals surface area contributed by atoms with E-state index in [2.05, 4.69) is 37.1 Å². The van der Waals surface area contributed by atoms with Gasteiger partial charge >= 0.3 is 18.2 Å². The Morgan fingerprint density at radius 1 is 1.07 bits per heavy atom. The lowest BCUT2D eigenvalue weighted by atomic mass is 10.2. The summed E-state index contributed by atoms with van der Waals surface area (Å²) in [5, 5.41) is 0. The molecule has 1 nitrogen and oxygen atoms in total. The minimum atomic E-state index is 0.104. The maximum absolute atomic E-state index is 5.60. The molecule has 1 rings (SSSR count). The molecule has 3 heteroatoms. The summed E-state index contributed by atoms with van der Waals surface area (Å²) in [5.74, 6) is 0. The summed E-state index contributed by atoms with van der Waals surface area (Å²) in [6.45, 7) is 1.66. The molecule has 0 atom stereocenters. The molecule has 80 valence electrons. The zero-order valence-corrected chi connectivity index (χ0v) is 12.1. The average Bonchev–Trinajstić information content (AvgIpc) is 2.29. The topological polar surface area (TPSA) is 9.23 Å². The summed E-state index contributed by atoms with van der Waals surface area (Å²) >= 11 is 3.67. The van der Waals surface area contributed by atoms with Crippen molar-refractivity contribution in [3.05, 3.63) is 35.9 Å². The highest BCUT2D eigenvalue weighted by Gasteiger charge is 1.93. The molecule has 0 saturated heterocycles.